The maximum atomic E-state index is 14.1. The molecule has 0 aliphatic heterocycles. The minimum absolute atomic E-state index is 0.00829. The Morgan fingerprint density at radius 3 is 2.29 bits per heavy atom. The number of hydrogen-bond donors (Lipinski definition) is 1. The number of ether oxygens (including phenoxy) is 3. The first-order chi connectivity index (χ1) is 22.6. The third kappa shape index (κ3) is 8.45. The van der Waals surface area contributed by atoms with Gasteiger partial charge in [-0.3, -0.25) is 14.5 Å². The molecule has 0 saturated heterocycles. The zero-order chi connectivity index (χ0) is 35.4. The van der Waals surface area contributed by atoms with Crippen LogP contribution >= 0.6 is 0 Å². The third-order valence-electron chi connectivity index (χ3n) is 8.36. The lowest BCUT2D eigenvalue weighted by Gasteiger charge is -2.36. The second kappa shape index (κ2) is 14.7. The summed E-state index contributed by atoms with van der Waals surface area (Å²) < 4.78 is 22.5. The van der Waals surface area contributed by atoms with Crippen molar-refractivity contribution >= 4 is 35.0 Å². The van der Waals surface area contributed by atoms with Crippen molar-refractivity contribution in [1.82, 2.24) is 20.1 Å². The van der Waals surface area contributed by atoms with Crippen LogP contribution < -0.4 is 10.1 Å². The first-order valence-corrected chi connectivity index (χ1v) is 16.3. The number of rotatable bonds is 13. The number of esters is 1. The topological polar surface area (TPSA) is 141 Å². The molecule has 48 heavy (non-hydrogen) atoms. The molecule has 4 rings (SSSR count). The first-order valence-electron chi connectivity index (χ1n) is 16.3. The summed E-state index contributed by atoms with van der Waals surface area (Å²) in [5.74, 6) is -0.571. The van der Waals surface area contributed by atoms with Crippen LogP contribution in [-0.2, 0) is 25.5 Å². The van der Waals surface area contributed by atoms with Crippen molar-refractivity contribution in [2.45, 2.75) is 90.4 Å². The molecule has 1 aliphatic carbocycles. The molecule has 0 unspecified atom stereocenters. The second-order valence-electron chi connectivity index (χ2n) is 13.8. The molecule has 0 spiro atoms. The Morgan fingerprint density at radius 2 is 1.71 bits per heavy atom. The van der Waals surface area contributed by atoms with Gasteiger partial charge in [-0.05, 0) is 70.1 Å². The highest BCUT2D eigenvalue weighted by molar-refractivity contribution is 6.04. The number of carbonyl (C=O) groups excluding carboxylic acids is 4. The molecule has 3 aromatic rings. The third-order valence-corrected chi connectivity index (χ3v) is 8.36. The van der Waals surface area contributed by atoms with Crippen LogP contribution in [0.4, 0.5) is 4.79 Å². The predicted octanol–water partition coefficient (Wildman–Crippen LogP) is 5.30. The highest BCUT2D eigenvalue weighted by atomic mass is 16.6. The van der Waals surface area contributed by atoms with E-state index in [1.807, 2.05) is 44.2 Å². The van der Waals surface area contributed by atoms with E-state index >= 15 is 0 Å². The minimum Gasteiger partial charge on any atom is -0.490 e. The van der Waals surface area contributed by atoms with Crippen LogP contribution in [0.25, 0.3) is 11.1 Å². The number of benzene rings is 2. The van der Waals surface area contributed by atoms with Crippen LogP contribution in [0.5, 0.6) is 5.75 Å². The van der Waals surface area contributed by atoms with E-state index in [9.17, 15) is 19.2 Å². The molecular formula is C36H48N4O8. The Balaban J connectivity index is 1.56. The van der Waals surface area contributed by atoms with Gasteiger partial charge in [0.25, 0.3) is 0 Å². The van der Waals surface area contributed by atoms with Crippen molar-refractivity contribution in [2.75, 3.05) is 27.8 Å². The second-order valence-corrected chi connectivity index (χ2v) is 13.8. The predicted molar refractivity (Wildman–Crippen MR) is 180 cm³/mol. The molecule has 1 heterocycles. The van der Waals surface area contributed by atoms with Gasteiger partial charge in [-0.2, -0.15) is 0 Å². The van der Waals surface area contributed by atoms with Gasteiger partial charge in [0.2, 0.25) is 11.8 Å². The number of likely N-dealkylation sites (N-methyl/N-ethyl adjacent to an activating group) is 2. The average molecular weight is 665 g/mol. The van der Waals surface area contributed by atoms with Crippen LogP contribution in [0.3, 0.4) is 0 Å². The standard InChI is InChI=1S/C36H48N4O8/c1-22(2)19-27(39(7)34(44)48-35(4,5)6)31(41)40(8)36(17-18-36)33(43)38-25(20-24-13-11-10-12-14-24)21-46-28-16-15-26-30(47-23(3)37-26)29(28)32(42)45-9/h10-16,22,25,27H,17-21H2,1-9H3,(H,38,43)/t25-,27+/m1/s1. The molecule has 12 heteroatoms. The molecule has 0 radical (unpaired) electrons. The van der Waals surface area contributed by atoms with Crippen molar-refractivity contribution in [1.29, 1.82) is 0 Å². The van der Waals surface area contributed by atoms with Gasteiger partial charge in [0.15, 0.2) is 11.5 Å². The number of aromatic nitrogens is 1. The number of amides is 3. The number of aryl methyl sites for hydroxylation is 1. The van der Waals surface area contributed by atoms with Gasteiger partial charge in [-0.1, -0.05) is 44.2 Å². The highest BCUT2D eigenvalue weighted by Crippen LogP contribution is 2.42. The number of carbonyl (C=O) groups is 4. The lowest BCUT2D eigenvalue weighted by Crippen LogP contribution is -2.58. The molecule has 1 aliphatic rings. The zero-order valence-electron chi connectivity index (χ0n) is 29.4. The Morgan fingerprint density at radius 1 is 1.04 bits per heavy atom. The van der Waals surface area contributed by atoms with E-state index in [1.165, 1.54) is 16.9 Å². The van der Waals surface area contributed by atoms with Gasteiger partial charge in [0, 0.05) is 21.0 Å². The van der Waals surface area contributed by atoms with E-state index in [0.29, 0.717) is 37.1 Å². The molecule has 1 aromatic heterocycles. The van der Waals surface area contributed by atoms with Gasteiger partial charge in [0.05, 0.1) is 13.2 Å². The molecule has 3 amide bonds. The Bertz CT molecular complexity index is 1620. The molecule has 2 aromatic carbocycles. The molecule has 260 valence electrons. The summed E-state index contributed by atoms with van der Waals surface area (Å²) in [4.78, 5) is 61.0. The van der Waals surface area contributed by atoms with Gasteiger partial charge in [-0.25, -0.2) is 14.6 Å². The van der Waals surface area contributed by atoms with Gasteiger partial charge < -0.3 is 28.8 Å². The van der Waals surface area contributed by atoms with E-state index in [4.69, 9.17) is 18.6 Å². The summed E-state index contributed by atoms with van der Waals surface area (Å²) in [6, 6.07) is 11.6. The smallest absolute Gasteiger partial charge is 0.410 e. The van der Waals surface area contributed by atoms with E-state index < -0.39 is 35.3 Å². The lowest BCUT2D eigenvalue weighted by atomic mass is 10.0. The molecule has 1 saturated carbocycles. The highest BCUT2D eigenvalue weighted by Gasteiger charge is 2.56. The van der Waals surface area contributed by atoms with Gasteiger partial charge >= 0.3 is 12.1 Å². The summed E-state index contributed by atoms with van der Waals surface area (Å²) in [5.41, 5.74) is 0.00748. The van der Waals surface area contributed by atoms with Gasteiger partial charge in [-0.15, -0.1) is 0 Å². The van der Waals surface area contributed by atoms with E-state index in [0.717, 1.165) is 5.56 Å². The minimum atomic E-state index is -1.08. The summed E-state index contributed by atoms with van der Waals surface area (Å²) in [6.07, 6.45) is 1.17. The number of oxazole rings is 1. The Kier molecular flexibility index (Phi) is 11.1. The maximum absolute atomic E-state index is 14.1. The van der Waals surface area contributed by atoms with Crippen molar-refractivity contribution in [3.63, 3.8) is 0 Å². The quantitative estimate of drug-likeness (QED) is 0.241. The Hall–Kier alpha value is -4.61. The van der Waals surface area contributed by atoms with Crippen LogP contribution in [0.15, 0.2) is 46.9 Å². The molecule has 2 atom stereocenters. The fourth-order valence-electron chi connectivity index (χ4n) is 5.66. The lowest BCUT2D eigenvalue weighted by molar-refractivity contribution is -0.144. The number of hydrogen-bond acceptors (Lipinski definition) is 9. The van der Waals surface area contributed by atoms with Crippen molar-refractivity contribution in [3.8, 4) is 5.75 Å². The summed E-state index contributed by atoms with van der Waals surface area (Å²) in [6.45, 7) is 11.0. The molecule has 1 N–H and O–H groups in total. The largest absolute Gasteiger partial charge is 0.490 e. The number of fused-ring (bicyclic) bond motifs is 1. The maximum Gasteiger partial charge on any atom is 0.410 e. The SMILES string of the molecule is COC(=O)c1c(OC[C@@H](Cc2ccccc2)NC(=O)C2(N(C)C(=O)[C@H](CC(C)C)N(C)C(=O)OC(C)(C)C)CC2)ccc2nc(C)oc12. The molecular weight excluding hydrogens is 616 g/mol. The van der Waals surface area contributed by atoms with Gasteiger partial charge in [0.1, 0.15) is 40.6 Å². The number of nitrogens with zero attached hydrogens (tertiary/aromatic N) is 3. The van der Waals surface area contributed by atoms with E-state index in [1.54, 1.807) is 53.9 Å². The van der Waals surface area contributed by atoms with Crippen LogP contribution in [0.2, 0.25) is 0 Å². The van der Waals surface area contributed by atoms with Crippen molar-refractivity contribution in [2.24, 2.45) is 5.92 Å². The summed E-state index contributed by atoms with van der Waals surface area (Å²) >= 11 is 0. The Labute approximate surface area is 282 Å². The summed E-state index contributed by atoms with van der Waals surface area (Å²) in [7, 11) is 4.45. The molecule has 0 bridgehead atoms. The summed E-state index contributed by atoms with van der Waals surface area (Å²) in [5, 5.41) is 3.13. The first kappa shape index (κ1) is 36.2. The van der Waals surface area contributed by atoms with Crippen LogP contribution in [0.1, 0.15) is 75.7 Å². The monoisotopic (exact) mass is 664 g/mol. The normalized spacial score (nSPS) is 15.0. The van der Waals surface area contributed by atoms with Crippen LogP contribution in [-0.4, -0.2) is 89.7 Å². The molecule has 12 nitrogen and oxygen atoms in total. The zero-order valence-corrected chi connectivity index (χ0v) is 29.4. The number of nitrogens with one attached hydrogen (secondary N) is 1. The van der Waals surface area contributed by atoms with Crippen molar-refractivity contribution in [3.05, 3.63) is 59.5 Å². The average Bonchev–Trinajstić information content (AvgIpc) is 3.75. The molecule has 1 fully saturated rings. The van der Waals surface area contributed by atoms with Crippen molar-refractivity contribution < 1.29 is 37.8 Å². The van der Waals surface area contributed by atoms with Crippen LogP contribution in [0, 0.1) is 12.8 Å². The van der Waals surface area contributed by atoms with E-state index in [-0.39, 0.29) is 41.2 Å². The van der Waals surface area contributed by atoms with E-state index in [2.05, 4.69) is 10.3 Å². The number of methoxy groups -OCH3 is 1. The fourth-order valence-corrected chi connectivity index (χ4v) is 5.66. The fraction of sp³-hybridized carbons (Fsp3) is 0.528.